The lowest BCUT2D eigenvalue weighted by atomic mass is 9.99. The fourth-order valence-corrected chi connectivity index (χ4v) is 4.00. The normalized spacial score (nSPS) is 18.3. The molecule has 1 atom stereocenters. The van der Waals surface area contributed by atoms with Crippen molar-refractivity contribution >= 4 is 11.6 Å². The monoisotopic (exact) mass is 351 g/mol. The molecule has 0 bridgehead atoms. The van der Waals surface area contributed by atoms with Crippen LogP contribution in [0.25, 0.3) is 5.65 Å². The molecule has 4 rings (SSSR count). The maximum atomic E-state index is 12.0. The minimum Gasteiger partial charge on any atom is -0.354 e. The van der Waals surface area contributed by atoms with Crippen LogP contribution in [0.15, 0.2) is 42.7 Å². The number of piperidine rings is 1. The third kappa shape index (κ3) is 3.01. The highest BCUT2D eigenvalue weighted by atomic mass is 16.1. The molecule has 1 saturated heterocycles. The van der Waals surface area contributed by atoms with Crippen molar-refractivity contribution in [3.63, 3.8) is 0 Å². The van der Waals surface area contributed by atoms with Crippen LogP contribution in [0.3, 0.4) is 0 Å². The Balaban J connectivity index is 1.60. The van der Waals surface area contributed by atoms with Gasteiger partial charge >= 0.3 is 0 Å². The molecule has 0 radical (unpaired) electrons. The average molecular weight is 351 g/mol. The number of aromatic nitrogens is 3. The molecule has 1 aliphatic rings. The van der Waals surface area contributed by atoms with E-state index in [4.69, 9.17) is 4.98 Å². The highest BCUT2D eigenvalue weighted by molar-refractivity contribution is 5.92. The summed E-state index contributed by atoms with van der Waals surface area (Å²) >= 11 is 0. The summed E-state index contributed by atoms with van der Waals surface area (Å²) in [7, 11) is 3.66. The zero-order chi connectivity index (χ0) is 18.1. The van der Waals surface area contributed by atoms with Gasteiger partial charge in [-0.3, -0.25) is 9.69 Å². The van der Waals surface area contributed by atoms with Crippen LogP contribution in [0.5, 0.6) is 0 Å². The fourth-order valence-electron chi connectivity index (χ4n) is 4.00. The highest BCUT2D eigenvalue weighted by Crippen LogP contribution is 2.32. The molecule has 0 saturated carbocycles. The van der Waals surface area contributed by atoms with Gasteiger partial charge in [0.1, 0.15) is 11.3 Å². The molecule has 0 aromatic carbocycles. The number of hydrogen-bond acceptors (Lipinski definition) is 3. The first-order chi connectivity index (χ1) is 12.7. The van der Waals surface area contributed by atoms with E-state index in [1.807, 2.05) is 42.1 Å². The molecule has 4 heterocycles. The Kier molecular flexibility index (Phi) is 4.51. The largest absolute Gasteiger partial charge is 0.354 e. The predicted molar refractivity (Wildman–Crippen MR) is 101 cm³/mol. The van der Waals surface area contributed by atoms with Gasteiger partial charge in [0.25, 0.3) is 5.91 Å². The van der Waals surface area contributed by atoms with Crippen molar-refractivity contribution in [2.24, 2.45) is 7.05 Å². The van der Waals surface area contributed by atoms with E-state index in [1.54, 1.807) is 7.05 Å². The lowest BCUT2D eigenvalue weighted by Gasteiger charge is -2.35. The molecule has 3 aromatic heterocycles. The van der Waals surface area contributed by atoms with Crippen molar-refractivity contribution in [3.8, 4) is 0 Å². The number of amides is 1. The van der Waals surface area contributed by atoms with Crippen LogP contribution < -0.4 is 5.32 Å². The number of rotatable bonds is 4. The molecule has 1 amide bonds. The van der Waals surface area contributed by atoms with E-state index in [9.17, 15) is 4.79 Å². The summed E-state index contributed by atoms with van der Waals surface area (Å²) in [6, 6.07) is 10.4. The van der Waals surface area contributed by atoms with Gasteiger partial charge in [-0.05, 0) is 43.7 Å². The van der Waals surface area contributed by atoms with Gasteiger partial charge in [0.05, 0.1) is 11.7 Å². The van der Waals surface area contributed by atoms with Crippen LogP contribution in [0.2, 0.25) is 0 Å². The van der Waals surface area contributed by atoms with Crippen molar-refractivity contribution in [1.82, 2.24) is 24.2 Å². The molecular formula is C20H25N5O. The number of hydrogen-bond donors (Lipinski definition) is 1. The van der Waals surface area contributed by atoms with Crippen molar-refractivity contribution in [3.05, 3.63) is 59.8 Å². The Morgan fingerprint density at radius 2 is 2.15 bits per heavy atom. The number of carbonyl (C=O) groups is 1. The maximum absolute atomic E-state index is 12.0. The van der Waals surface area contributed by atoms with E-state index in [0.29, 0.717) is 11.7 Å². The second-order valence-electron chi connectivity index (χ2n) is 6.96. The van der Waals surface area contributed by atoms with Crippen LogP contribution in [-0.2, 0) is 13.6 Å². The standard InChI is InChI=1S/C20H25N5O/c1-21-20(26)18-10-9-16(23(18)2)17-7-3-5-11-24(17)13-15-14-25-12-6-4-8-19(25)22-15/h4,6,8-10,12,14,17H,3,5,7,11,13H2,1-2H3,(H,21,26). The zero-order valence-electron chi connectivity index (χ0n) is 15.4. The lowest BCUT2D eigenvalue weighted by Crippen LogP contribution is -2.34. The quantitative estimate of drug-likeness (QED) is 0.786. The molecule has 3 aromatic rings. The van der Waals surface area contributed by atoms with Crippen LogP contribution >= 0.6 is 0 Å². The van der Waals surface area contributed by atoms with E-state index in [1.165, 1.54) is 18.5 Å². The molecule has 1 unspecified atom stereocenters. The van der Waals surface area contributed by atoms with Gasteiger partial charge in [-0.2, -0.15) is 0 Å². The Morgan fingerprint density at radius 1 is 1.27 bits per heavy atom. The second kappa shape index (κ2) is 6.96. The Hall–Kier alpha value is -2.60. The molecule has 26 heavy (non-hydrogen) atoms. The summed E-state index contributed by atoms with van der Waals surface area (Å²) < 4.78 is 4.10. The van der Waals surface area contributed by atoms with Gasteiger partial charge < -0.3 is 14.3 Å². The molecule has 0 aliphatic carbocycles. The van der Waals surface area contributed by atoms with Gasteiger partial charge in [-0.1, -0.05) is 12.5 Å². The molecule has 1 N–H and O–H groups in total. The third-order valence-corrected chi connectivity index (χ3v) is 5.35. The van der Waals surface area contributed by atoms with E-state index < -0.39 is 0 Å². The van der Waals surface area contributed by atoms with Gasteiger partial charge in [0, 0.05) is 38.7 Å². The maximum Gasteiger partial charge on any atom is 0.267 e. The van der Waals surface area contributed by atoms with Gasteiger partial charge in [0.2, 0.25) is 0 Å². The van der Waals surface area contributed by atoms with Gasteiger partial charge in [-0.15, -0.1) is 0 Å². The third-order valence-electron chi connectivity index (χ3n) is 5.35. The SMILES string of the molecule is CNC(=O)c1ccc(C2CCCCN2Cc2cn3ccccc3n2)n1C. The van der Waals surface area contributed by atoms with Crippen LogP contribution in [0.1, 0.15) is 47.2 Å². The molecule has 6 nitrogen and oxygen atoms in total. The number of nitrogens with zero attached hydrogens (tertiary/aromatic N) is 4. The van der Waals surface area contributed by atoms with Crippen LogP contribution in [-0.4, -0.2) is 38.4 Å². The molecule has 0 spiro atoms. The first-order valence-corrected chi connectivity index (χ1v) is 9.21. The smallest absolute Gasteiger partial charge is 0.267 e. The van der Waals surface area contributed by atoms with Crippen molar-refractivity contribution in [2.45, 2.75) is 31.8 Å². The molecule has 1 aliphatic heterocycles. The first kappa shape index (κ1) is 16.8. The highest BCUT2D eigenvalue weighted by Gasteiger charge is 2.27. The summed E-state index contributed by atoms with van der Waals surface area (Å²) in [5.74, 6) is -0.0403. The summed E-state index contributed by atoms with van der Waals surface area (Å²) in [6.45, 7) is 1.88. The fraction of sp³-hybridized carbons (Fsp3) is 0.400. The van der Waals surface area contributed by atoms with Crippen molar-refractivity contribution in [2.75, 3.05) is 13.6 Å². The van der Waals surface area contributed by atoms with E-state index in [2.05, 4.69) is 26.9 Å². The number of carbonyl (C=O) groups excluding carboxylic acids is 1. The summed E-state index contributed by atoms with van der Waals surface area (Å²) in [6.07, 6.45) is 7.68. The van der Waals surface area contributed by atoms with Crippen LogP contribution in [0, 0.1) is 0 Å². The number of nitrogens with one attached hydrogen (secondary N) is 1. The average Bonchev–Trinajstić information content (AvgIpc) is 3.24. The van der Waals surface area contributed by atoms with E-state index >= 15 is 0 Å². The van der Waals surface area contributed by atoms with E-state index in [-0.39, 0.29) is 5.91 Å². The minimum atomic E-state index is -0.0403. The number of fused-ring (bicyclic) bond motifs is 1. The van der Waals surface area contributed by atoms with Gasteiger partial charge in [0.15, 0.2) is 0 Å². The Bertz CT molecular complexity index is 892. The van der Waals surface area contributed by atoms with Gasteiger partial charge in [-0.25, -0.2) is 4.98 Å². The van der Waals surface area contributed by atoms with Crippen LogP contribution in [0.4, 0.5) is 0 Å². The number of pyridine rings is 1. The summed E-state index contributed by atoms with van der Waals surface area (Å²) in [5.41, 5.74) is 3.98. The molecular weight excluding hydrogens is 326 g/mol. The van der Waals surface area contributed by atoms with Crippen molar-refractivity contribution in [1.29, 1.82) is 0 Å². The predicted octanol–water partition coefficient (Wildman–Crippen LogP) is 2.76. The van der Waals surface area contributed by atoms with Crippen molar-refractivity contribution < 1.29 is 4.79 Å². The topological polar surface area (TPSA) is 54.6 Å². The number of imidazole rings is 1. The Morgan fingerprint density at radius 3 is 2.96 bits per heavy atom. The van der Waals surface area contributed by atoms with E-state index in [0.717, 1.165) is 30.9 Å². The second-order valence-corrected chi connectivity index (χ2v) is 6.96. The number of likely N-dealkylation sites (tertiary alicyclic amines) is 1. The lowest BCUT2D eigenvalue weighted by molar-refractivity contribution is 0.0952. The first-order valence-electron chi connectivity index (χ1n) is 9.21. The molecule has 6 heteroatoms. The Labute approximate surface area is 153 Å². The summed E-state index contributed by atoms with van der Waals surface area (Å²) in [4.78, 5) is 19.3. The molecule has 136 valence electrons. The summed E-state index contributed by atoms with van der Waals surface area (Å²) in [5, 5.41) is 2.72. The zero-order valence-corrected chi connectivity index (χ0v) is 15.4. The minimum absolute atomic E-state index is 0.0403. The molecule has 1 fully saturated rings.